The molecule has 4 aliphatic carbocycles. The lowest BCUT2D eigenvalue weighted by Crippen LogP contribution is -2.52. The first-order valence-corrected chi connectivity index (χ1v) is 12.9. The molecule has 8 atom stereocenters. The molecule has 2 saturated carbocycles. The van der Waals surface area contributed by atoms with Crippen LogP contribution in [-0.2, 0) is 4.79 Å². The fraction of sp³-hybridized carbons (Fsp3) is 0.821. The third kappa shape index (κ3) is 3.73. The largest absolute Gasteiger partial charge is 0.481 e. The highest BCUT2D eigenvalue weighted by molar-refractivity contribution is 5.72. The normalized spacial score (nSPS) is 43.0. The number of carboxylic acids is 1. The number of aliphatic carboxylic acids is 1. The van der Waals surface area contributed by atoms with Crippen molar-refractivity contribution in [2.75, 3.05) is 0 Å². The van der Waals surface area contributed by atoms with Crippen molar-refractivity contribution in [3.05, 3.63) is 22.8 Å². The third-order valence-electron chi connectivity index (χ3n) is 10.3. The molecule has 0 spiro atoms. The number of hydrogen-bond acceptors (Lipinski definition) is 2. The van der Waals surface area contributed by atoms with Gasteiger partial charge >= 0.3 is 5.97 Å². The van der Waals surface area contributed by atoms with Gasteiger partial charge in [0.25, 0.3) is 0 Å². The van der Waals surface area contributed by atoms with E-state index in [4.69, 9.17) is 0 Å². The van der Waals surface area contributed by atoms with Crippen molar-refractivity contribution in [2.24, 2.45) is 40.4 Å². The molecule has 0 amide bonds. The molecule has 0 radical (unpaired) electrons. The van der Waals surface area contributed by atoms with Crippen LogP contribution in [0.25, 0.3) is 0 Å². The topological polar surface area (TPSA) is 57.5 Å². The molecule has 0 aromatic rings. The Labute approximate surface area is 189 Å². The number of carbonyl (C=O) groups is 1. The minimum Gasteiger partial charge on any atom is -0.481 e. The summed E-state index contributed by atoms with van der Waals surface area (Å²) in [5.74, 6) is 1.36. The average molecular weight is 429 g/mol. The van der Waals surface area contributed by atoms with E-state index in [1.165, 1.54) is 43.3 Å². The fourth-order valence-corrected chi connectivity index (χ4v) is 8.70. The van der Waals surface area contributed by atoms with Crippen LogP contribution in [0.2, 0.25) is 0 Å². The van der Waals surface area contributed by atoms with Crippen LogP contribution in [0.4, 0.5) is 0 Å². The third-order valence-corrected chi connectivity index (χ3v) is 10.3. The van der Waals surface area contributed by atoms with E-state index in [-0.39, 0.29) is 5.41 Å². The first-order valence-electron chi connectivity index (χ1n) is 12.9. The maximum absolute atomic E-state index is 12.3. The number of aliphatic hydroxyl groups excluding tert-OH is 1. The zero-order chi connectivity index (χ0) is 22.6. The van der Waals surface area contributed by atoms with Gasteiger partial charge in [-0.3, -0.25) is 4.79 Å². The van der Waals surface area contributed by atoms with Crippen molar-refractivity contribution in [3.8, 4) is 0 Å². The molecular weight excluding hydrogens is 384 g/mol. The van der Waals surface area contributed by atoms with Crippen LogP contribution in [0.3, 0.4) is 0 Å². The number of allylic oxidation sites excluding steroid dienone is 4. The highest BCUT2D eigenvalue weighted by atomic mass is 16.4. The number of hydrogen-bond donors (Lipinski definition) is 2. The summed E-state index contributed by atoms with van der Waals surface area (Å²) < 4.78 is 0. The van der Waals surface area contributed by atoms with Crippen LogP contribution >= 0.6 is 0 Å². The van der Waals surface area contributed by atoms with Crippen LogP contribution in [0, 0.1) is 40.4 Å². The quantitative estimate of drug-likeness (QED) is 0.475. The highest BCUT2D eigenvalue weighted by Crippen LogP contribution is 2.66. The zero-order valence-electron chi connectivity index (χ0n) is 20.4. The Morgan fingerprint density at radius 1 is 1.16 bits per heavy atom. The fourth-order valence-electron chi connectivity index (χ4n) is 8.70. The second kappa shape index (κ2) is 8.36. The summed E-state index contributed by atoms with van der Waals surface area (Å²) in [4.78, 5) is 12.3. The lowest BCUT2D eigenvalue weighted by atomic mass is 9.48. The van der Waals surface area contributed by atoms with Gasteiger partial charge in [-0.15, -0.1) is 0 Å². The molecule has 31 heavy (non-hydrogen) atoms. The summed E-state index contributed by atoms with van der Waals surface area (Å²) in [6.45, 7) is 11.7. The highest BCUT2D eigenvalue weighted by Gasteiger charge is 2.59. The summed E-state index contributed by atoms with van der Waals surface area (Å²) in [7, 11) is 0. The zero-order valence-corrected chi connectivity index (χ0v) is 20.4. The SMILES string of the molecule is CC(C)=CCC[C@@H](C)[C@H]1CC[C@H]2C3=C(CC[C@]12C)[C@@]1(C)C(C(=O)O)C[C@H](O)C[C@@H]1CC3. The van der Waals surface area contributed by atoms with Gasteiger partial charge in [0.05, 0.1) is 12.0 Å². The van der Waals surface area contributed by atoms with Gasteiger partial charge in [-0.25, -0.2) is 0 Å². The van der Waals surface area contributed by atoms with E-state index >= 15 is 0 Å². The molecule has 4 rings (SSSR count). The van der Waals surface area contributed by atoms with E-state index < -0.39 is 18.0 Å². The van der Waals surface area contributed by atoms with Gasteiger partial charge in [0.1, 0.15) is 0 Å². The Bertz CT molecular complexity index is 775. The minimum atomic E-state index is -0.703. The summed E-state index contributed by atoms with van der Waals surface area (Å²) in [5, 5.41) is 20.5. The summed E-state index contributed by atoms with van der Waals surface area (Å²) in [5.41, 5.74) is 4.69. The molecule has 3 heteroatoms. The predicted molar refractivity (Wildman–Crippen MR) is 126 cm³/mol. The van der Waals surface area contributed by atoms with E-state index in [0.717, 1.165) is 37.5 Å². The van der Waals surface area contributed by atoms with Gasteiger partial charge < -0.3 is 10.2 Å². The van der Waals surface area contributed by atoms with E-state index in [1.807, 2.05) is 0 Å². The van der Waals surface area contributed by atoms with Crippen LogP contribution < -0.4 is 0 Å². The number of fused-ring (bicyclic) bond motifs is 4. The first-order chi connectivity index (χ1) is 14.6. The summed E-state index contributed by atoms with van der Waals surface area (Å²) >= 11 is 0. The van der Waals surface area contributed by atoms with Crippen molar-refractivity contribution in [1.82, 2.24) is 0 Å². The number of rotatable bonds is 5. The minimum absolute atomic E-state index is 0.257. The predicted octanol–water partition coefficient (Wildman–Crippen LogP) is 6.76. The maximum Gasteiger partial charge on any atom is 0.307 e. The smallest absolute Gasteiger partial charge is 0.307 e. The molecule has 4 aliphatic rings. The Kier molecular flexibility index (Phi) is 6.22. The summed E-state index contributed by atoms with van der Waals surface area (Å²) in [6, 6.07) is 0. The molecule has 2 fully saturated rings. The second-order valence-corrected chi connectivity index (χ2v) is 12.1. The molecule has 0 bridgehead atoms. The summed E-state index contributed by atoms with van der Waals surface area (Å²) in [6.07, 6.45) is 12.7. The Morgan fingerprint density at radius 2 is 1.90 bits per heavy atom. The van der Waals surface area contributed by atoms with Crippen LogP contribution in [0.5, 0.6) is 0 Å². The standard InChI is InChI=1S/C28H44O3/c1-17(2)7-6-8-18(3)22-11-12-23-21-10-9-19-15-20(29)16-25(26(30)31)28(19,5)24(21)13-14-27(22,23)4/h7,18-20,22-23,25,29H,6,8-16H2,1-5H3,(H,30,31)/t18-,19+,20-,22-,23+,25?,27-,28+/m1/s1. The molecule has 1 unspecified atom stereocenters. The van der Waals surface area contributed by atoms with Gasteiger partial charge in [-0.05, 0) is 107 Å². The Morgan fingerprint density at radius 3 is 2.58 bits per heavy atom. The second-order valence-electron chi connectivity index (χ2n) is 12.1. The molecule has 0 aliphatic heterocycles. The number of aliphatic hydroxyl groups is 1. The van der Waals surface area contributed by atoms with Gasteiger partial charge in [-0.1, -0.05) is 43.6 Å². The van der Waals surface area contributed by atoms with Crippen molar-refractivity contribution in [2.45, 2.75) is 105 Å². The molecule has 3 nitrogen and oxygen atoms in total. The van der Waals surface area contributed by atoms with Crippen LogP contribution in [0.1, 0.15) is 98.8 Å². The lowest BCUT2D eigenvalue weighted by molar-refractivity contribution is -0.153. The molecule has 0 heterocycles. The average Bonchev–Trinajstić information content (AvgIpc) is 3.04. The van der Waals surface area contributed by atoms with E-state index in [0.29, 0.717) is 23.7 Å². The molecule has 174 valence electrons. The van der Waals surface area contributed by atoms with Crippen LogP contribution in [0.15, 0.2) is 22.8 Å². The van der Waals surface area contributed by atoms with Gasteiger partial charge in [-0.2, -0.15) is 0 Å². The molecule has 0 saturated heterocycles. The van der Waals surface area contributed by atoms with E-state index in [9.17, 15) is 15.0 Å². The van der Waals surface area contributed by atoms with Gasteiger partial charge in [0, 0.05) is 5.41 Å². The first kappa shape index (κ1) is 23.1. The van der Waals surface area contributed by atoms with Crippen molar-refractivity contribution in [3.63, 3.8) is 0 Å². The Hall–Kier alpha value is -1.09. The van der Waals surface area contributed by atoms with E-state index in [1.54, 1.807) is 5.57 Å². The van der Waals surface area contributed by atoms with Crippen molar-refractivity contribution in [1.29, 1.82) is 0 Å². The lowest BCUT2D eigenvalue weighted by Gasteiger charge is -2.57. The molecule has 0 aromatic carbocycles. The van der Waals surface area contributed by atoms with Crippen LogP contribution in [-0.4, -0.2) is 22.3 Å². The maximum atomic E-state index is 12.3. The van der Waals surface area contributed by atoms with Gasteiger partial charge in [0.2, 0.25) is 0 Å². The number of carboxylic acid groups (broad SMARTS) is 1. The molecular formula is C28H44O3. The monoisotopic (exact) mass is 428 g/mol. The Balaban J connectivity index is 1.62. The molecule has 0 aromatic heterocycles. The molecule has 2 N–H and O–H groups in total. The van der Waals surface area contributed by atoms with Crippen molar-refractivity contribution >= 4 is 5.97 Å². The van der Waals surface area contributed by atoms with E-state index in [2.05, 4.69) is 40.7 Å². The van der Waals surface area contributed by atoms with Gasteiger partial charge in [0.15, 0.2) is 0 Å². The van der Waals surface area contributed by atoms with Crippen molar-refractivity contribution < 1.29 is 15.0 Å².